The van der Waals surface area contributed by atoms with E-state index in [4.69, 9.17) is 21.1 Å². The predicted octanol–water partition coefficient (Wildman–Crippen LogP) is 2.69. The van der Waals surface area contributed by atoms with Crippen LogP contribution in [0.4, 0.5) is 4.39 Å². The van der Waals surface area contributed by atoms with Gasteiger partial charge in [0.2, 0.25) is 0 Å². The maximum atomic E-state index is 13.8. The molecule has 30 heavy (non-hydrogen) atoms. The second-order valence-electron chi connectivity index (χ2n) is 6.67. The van der Waals surface area contributed by atoms with Crippen LogP contribution >= 0.6 is 11.6 Å². The fourth-order valence-electron chi connectivity index (χ4n) is 2.98. The van der Waals surface area contributed by atoms with Crippen LogP contribution in [-0.4, -0.2) is 13.1 Å². The number of benzene rings is 3. The average molecular weight is 430 g/mol. The number of hydrogen-bond acceptors (Lipinski definition) is 4. The Hall–Kier alpha value is -3.09. The Labute approximate surface area is 179 Å². The van der Waals surface area contributed by atoms with Crippen LogP contribution in [-0.2, 0) is 19.7 Å². The normalized spacial score (nSPS) is 10.6. The average Bonchev–Trinajstić information content (AvgIpc) is 2.74. The zero-order valence-electron chi connectivity index (χ0n) is 16.4. The van der Waals surface area contributed by atoms with Crippen molar-refractivity contribution in [2.45, 2.75) is 19.7 Å². The van der Waals surface area contributed by atoms with Crippen LogP contribution in [0.25, 0.3) is 0 Å². The zero-order valence-corrected chi connectivity index (χ0v) is 17.1. The van der Waals surface area contributed by atoms with Crippen molar-refractivity contribution in [3.05, 3.63) is 93.8 Å². The molecule has 0 heterocycles. The molecule has 0 amide bonds. The largest absolute Gasteiger partial charge is 0.545 e. The van der Waals surface area contributed by atoms with E-state index in [1.807, 2.05) is 6.07 Å². The molecule has 2 N–H and O–H groups in total. The first-order valence-corrected chi connectivity index (χ1v) is 9.70. The van der Waals surface area contributed by atoms with Gasteiger partial charge in [-0.1, -0.05) is 54.1 Å². The maximum absolute atomic E-state index is 13.8. The van der Waals surface area contributed by atoms with Crippen molar-refractivity contribution in [2.24, 2.45) is 0 Å². The van der Waals surface area contributed by atoms with Gasteiger partial charge in [-0.15, -0.1) is 0 Å². The summed E-state index contributed by atoms with van der Waals surface area (Å²) in [6, 6.07) is 16.6. The van der Waals surface area contributed by atoms with E-state index in [1.54, 1.807) is 36.4 Å². The number of carboxylic acid groups (broad SMARTS) is 1. The Balaban J connectivity index is 1.63. The van der Waals surface area contributed by atoms with Gasteiger partial charge in [0.1, 0.15) is 25.5 Å². The first kappa shape index (κ1) is 21.6. The Morgan fingerprint density at radius 1 is 1.07 bits per heavy atom. The Kier molecular flexibility index (Phi) is 7.27. The number of quaternary nitrogens is 1. The standard InChI is InChI=1S/C23H21ClFNO4/c1-29-21-11-16(13-26-12-15-6-8-17(9-7-15)23(27)28)10-19(24)22(21)30-14-18-4-2-3-5-20(18)25/h2-11,26H,12-14H2,1H3,(H,27,28). The van der Waals surface area contributed by atoms with Crippen molar-refractivity contribution < 1.29 is 29.1 Å². The van der Waals surface area contributed by atoms with Gasteiger partial charge < -0.3 is 24.7 Å². The molecule has 5 nitrogen and oxygen atoms in total. The molecule has 0 saturated carbocycles. The summed E-state index contributed by atoms with van der Waals surface area (Å²) in [4.78, 5) is 10.8. The Bertz CT molecular complexity index is 1020. The molecular formula is C23H21ClFNO4. The Morgan fingerprint density at radius 3 is 2.43 bits per heavy atom. The minimum Gasteiger partial charge on any atom is -0.545 e. The number of aromatic carboxylic acids is 1. The lowest BCUT2D eigenvalue weighted by atomic mass is 10.1. The SMILES string of the molecule is COc1cc(C[NH2+]Cc2ccc(C(=O)[O-])cc2)cc(Cl)c1OCc1ccccc1F. The van der Waals surface area contributed by atoms with Gasteiger partial charge in [-0.2, -0.15) is 0 Å². The third-order valence-corrected chi connectivity index (χ3v) is 4.85. The summed E-state index contributed by atoms with van der Waals surface area (Å²) in [6.45, 7) is 1.33. The van der Waals surface area contributed by atoms with Gasteiger partial charge in [0, 0.05) is 16.7 Å². The van der Waals surface area contributed by atoms with E-state index in [-0.39, 0.29) is 18.0 Å². The summed E-state index contributed by atoms with van der Waals surface area (Å²) in [7, 11) is 1.52. The van der Waals surface area contributed by atoms with Gasteiger partial charge in [0.15, 0.2) is 11.5 Å². The number of halogens is 2. The molecule has 0 radical (unpaired) electrons. The first-order chi connectivity index (χ1) is 14.5. The van der Waals surface area contributed by atoms with Gasteiger partial charge in [-0.05, 0) is 23.8 Å². The summed E-state index contributed by atoms with van der Waals surface area (Å²) in [5.74, 6) is -0.694. The molecule has 0 saturated heterocycles. The number of nitrogens with two attached hydrogens (primary N) is 1. The predicted molar refractivity (Wildman–Crippen MR) is 109 cm³/mol. The third kappa shape index (κ3) is 5.49. The molecule has 0 aliphatic carbocycles. The van der Waals surface area contributed by atoms with Crippen molar-refractivity contribution in [2.75, 3.05) is 7.11 Å². The van der Waals surface area contributed by atoms with Crippen LogP contribution in [0, 0.1) is 5.82 Å². The molecule has 0 fully saturated rings. The van der Waals surface area contributed by atoms with E-state index in [9.17, 15) is 14.3 Å². The number of rotatable bonds is 9. The highest BCUT2D eigenvalue weighted by molar-refractivity contribution is 6.32. The van der Waals surface area contributed by atoms with Crippen LogP contribution in [0.3, 0.4) is 0 Å². The van der Waals surface area contributed by atoms with E-state index in [0.29, 0.717) is 35.2 Å². The highest BCUT2D eigenvalue weighted by Crippen LogP contribution is 2.37. The van der Waals surface area contributed by atoms with E-state index in [2.05, 4.69) is 5.32 Å². The fraction of sp³-hybridized carbons (Fsp3) is 0.174. The van der Waals surface area contributed by atoms with Gasteiger partial charge in [-0.25, -0.2) is 4.39 Å². The second kappa shape index (κ2) is 10.1. The van der Waals surface area contributed by atoms with E-state index in [1.165, 1.54) is 25.3 Å². The highest BCUT2D eigenvalue weighted by Gasteiger charge is 2.14. The molecule has 3 aromatic rings. The molecule has 0 atom stereocenters. The van der Waals surface area contributed by atoms with Crippen LogP contribution in [0.5, 0.6) is 11.5 Å². The fourth-order valence-corrected chi connectivity index (χ4v) is 3.27. The zero-order chi connectivity index (χ0) is 21.5. The first-order valence-electron chi connectivity index (χ1n) is 9.32. The van der Waals surface area contributed by atoms with E-state index in [0.717, 1.165) is 11.1 Å². The highest BCUT2D eigenvalue weighted by atomic mass is 35.5. The molecule has 0 bridgehead atoms. The number of hydrogen-bond donors (Lipinski definition) is 1. The van der Waals surface area contributed by atoms with E-state index < -0.39 is 5.97 Å². The lowest BCUT2D eigenvalue weighted by molar-refractivity contribution is -0.686. The van der Waals surface area contributed by atoms with Gasteiger partial charge in [0.05, 0.1) is 18.1 Å². The van der Waals surface area contributed by atoms with Gasteiger partial charge in [-0.3, -0.25) is 0 Å². The van der Waals surface area contributed by atoms with Crippen molar-refractivity contribution in [3.8, 4) is 11.5 Å². The number of carbonyl (C=O) groups is 1. The molecule has 0 unspecified atom stereocenters. The monoisotopic (exact) mass is 429 g/mol. The topological polar surface area (TPSA) is 75.2 Å². The summed E-state index contributed by atoms with van der Waals surface area (Å²) in [5.41, 5.74) is 2.50. The summed E-state index contributed by atoms with van der Waals surface area (Å²) >= 11 is 6.39. The quantitative estimate of drug-likeness (QED) is 0.567. The van der Waals surface area contributed by atoms with Crippen molar-refractivity contribution in [3.63, 3.8) is 0 Å². The van der Waals surface area contributed by atoms with E-state index >= 15 is 0 Å². The summed E-state index contributed by atoms with van der Waals surface area (Å²) in [6.07, 6.45) is 0. The van der Waals surface area contributed by atoms with Gasteiger partial charge in [0.25, 0.3) is 0 Å². The minimum absolute atomic E-state index is 0.0378. The van der Waals surface area contributed by atoms with Crippen LogP contribution in [0.15, 0.2) is 60.7 Å². The third-order valence-electron chi connectivity index (χ3n) is 4.57. The molecular weight excluding hydrogens is 409 g/mol. The van der Waals surface area contributed by atoms with Crippen molar-refractivity contribution in [1.29, 1.82) is 0 Å². The molecule has 0 aliphatic rings. The molecule has 3 aromatic carbocycles. The molecule has 0 spiro atoms. The summed E-state index contributed by atoms with van der Waals surface area (Å²) < 4.78 is 24.9. The van der Waals surface area contributed by atoms with Crippen molar-refractivity contribution >= 4 is 17.6 Å². The van der Waals surface area contributed by atoms with Crippen molar-refractivity contribution in [1.82, 2.24) is 0 Å². The molecule has 7 heteroatoms. The molecule has 0 aromatic heterocycles. The Morgan fingerprint density at radius 2 is 1.77 bits per heavy atom. The lowest BCUT2D eigenvalue weighted by Crippen LogP contribution is -2.80. The lowest BCUT2D eigenvalue weighted by Gasteiger charge is -2.14. The number of carbonyl (C=O) groups excluding carboxylic acids is 1. The molecule has 156 valence electrons. The van der Waals surface area contributed by atoms with Crippen LogP contribution < -0.4 is 19.9 Å². The van der Waals surface area contributed by atoms with Crippen LogP contribution in [0.2, 0.25) is 5.02 Å². The minimum atomic E-state index is -1.19. The van der Waals surface area contributed by atoms with Crippen LogP contribution in [0.1, 0.15) is 27.0 Å². The maximum Gasteiger partial charge on any atom is 0.180 e. The smallest absolute Gasteiger partial charge is 0.180 e. The number of carboxylic acids is 1. The number of ether oxygens (including phenoxy) is 2. The molecule has 3 rings (SSSR count). The van der Waals surface area contributed by atoms with Gasteiger partial charge >= 0.3 is 0 Å². The second-order valence-corrected chi connectivity index (χ2v) is 7.08. The molecule has 0 aliphatic heterocycles. The number of methoxy groups -OCH3 is 1. The summed E-state index contributed by atoms with van der Waals surface area (Å²) in [5, 5.41) is 13.2.